The molecule has 6 nitrogen and oxygen atoms in total. The molecule has 166 valence electrons. The Balaban J connectivity index is 1.82. The second kappa shape index (κ2) is 11.1. The van der Waals surface area contributed by atoms with Crippen molar-refractivity contribution in [1.82, 2.24) is 20.1 Å². The highest BCUT2D eigenvalue weighted by Crippen LogP contribution is 2.22. The predicted octanol–water partition coefficient (Wildman–Crippen LogP) is 3.91. The second-order valence-corrected chi connectivity index (χ2v) is 8.97. The van der Waals surface area contributed by atoms with Gasteiger partial charge in [-0.05, 0) is 49.1 Å². The first-order valence-corrected chi connectivity index (χ1v) is 11.8. The van der Waals surface area contributed by atoms with Crippen LogP contribution in [0.15, 0.2) is 41.1 Å². The number of benzene rings is 1. The smallest absolute Gasteiger partial charge is 0.255 e. The van der Waals surface area contributed by atoms with E-state index in [0.29, 0.717) is 49.7 Å². The third-order valence-electron chi connectivity index (χ3n) is 5.59. The minimum Gasteiger partial charge on any atom is -0.355 e. The van der Waals surface area contributed by atoms with Crippen molar-refractivity contribution in [1.29, 1.82) is 0 Å². The summed E-state index contributed by atoms with van der Waals surface area (Å²) < 4.78 is 1.05. The summed E-state index contributed by atoms with van der Waals surface area (Å²) in [6.07, 6.45) is 4.54. The van der Waals surface area contributed by atoms with Crippen molar-refractivity contribution in [2.75, 3.05) is 26.2 Å². The van der Waals surface area contributed by atoms with E-state index in [1.54, 1.807) is 11.0 Å². The van der Waals surface area contributed by atoms with Crippen molar-refractivity contribution >= 4 is 39.3 Å². The molecule has 3 rings (SSSR count). The molecule has 1 aliphatic rings. The van der Waals surface area contributed by atoms with E-state index in [-0.39, 0.29) is 17.9 Å². The molecule has 1 atom stereocenters. The van der Waals surface area contributed by atoms with Crippen LogP contribution in [0.5, 0.6) is 0 Å². The highest BCUT2D eigenvalue weighted by Gasteiger charge is 2.31. The Morgan fingerprint density at radius 1 is 1.16 bits per heavy atom. The summed E-state index contributed by atoms with van der Waals surface area (Å²) in [5.41, 5.74) is 2.93. The van der Waals surface area contributed by atoms with E-state index < -0.39 is 0 Å². The van der Waals surface area contributed by atoms with Gasteiger partial charge in [-0.2, -0.15) is 0 Å². The number of likely N-dealkylation sites (N-methyl/N-ethyl adjacent to an activating group) is 1. The first-order chi connectivity index (χ1) is 14.9. The molecule has 1 saturated heterocycles. The Morgan fingerprint density at radius 2 is 1.97 bits per heavy atom. The molecule has 0 spiro atoms. The van der Waals surface area contributed by atoms with Gasteiger partial charge in [0.15, 0.2) is 0 Å². The molecule has 0 saturated carbocycles. The molecular formula is C23H28BrClN4O2. The largest absolute Gasteiger partial charge is 0.355 e. The van der Waals surface area contributed by atoms with Crippen molar-refractivity contribution < 1.29 is 9.59 Å². The molecule has 0 unspecified atom stereocenters. The average molecular weight is 508 g/mol. The molecule has 8 heteroatoms. The Bertz CT molecular complexity index is 940. The molecule has 1 N–H and O–H groups in total. The molecule has 0 radical (unpaired) electrons. The highest BCUT2D eigenvalue weighted by atomic mass is 79.9. The van der Waals surface area contributed by atoms with Gasteiger partial charge in [0.1, 0.15) is 0 Å². The molecule has 2 amide bonds. The lowest BCUT2D eigenvalue weighted by Gasteiger charge is -2.29. The fraction of sp³-hybridized carbons (Fsp3) is 0.435. The fourth-order valence-electron chi connectivity index (χ4n) is 3.97. The Kier molecular flexibility index (Phi) is 8.46. The lowest BCUT2D eigenvalue weighted by molar-refractivity contribution is -0.126. The zero-order valence-corrected chi connectivity index (χ0v) is 20.2. The summed E-state index contributed by atoms with van der Waals surface area (Å²) >= 11 is 9.56. The normalized spacial score (nSPS) is 17.3. The number of pyridine rings is 1. The van der Waals surface area contributed by atoms with E-state index in [0.717, 1.165) is 10.9 Å². The van der Waals surface area contributed by atoms with Crippen LogP contribution in [0.1, 0.15) is 41.8 Å². The summed E-state index contributed by atoms with van der Waals surface area (Å²) in [4.78, 5) is 33.9. The summed E-state index contributed by atoms with van der Waals surface area (Å²) in [6.45, 7) is 6.96. The number of amides is 2. The number of halogens is 2. The van der Waals surface area contributed by atoms with Crippen LogP contribution in [-0.2, 0) is 17.8 Å². The van der Waals surface area contributed by atoms with Gasteiger partial charge in [0.25, 0.3) is 5.91 Å². The van der Waals surface area contributed by atoms with E-state index in [1.807, 2.05) is 13.0 Å². The predicted molar refractivity (Wildman–Crippen MR) is 126 cm³/mol. The van der Waals surface area contributed by atoms with Gasteiger partial charge >= 0.3 is 0 Å². The van der Waals surface area contributed by atoms with Gasteiger partial charge in [-0.15, -0.1) is 0 Å². The van der Waals surface area contributed by atoms with Crippen molar-refractivity contribution in [2.45, 2.75) is 39.3 Å². The number of carbonyl (C=O) groups excluding carboxylic acids is 2. The maximum atomic E-state index is 13.0. The Hall–Kier alpha value is -1.96. The molecule has 0 aliphatic carbocycles. The molecule has 1 aliphatic heterocycles. The fourth-order valence-corrected chi connectivity index (χ4v) is 4.55. The summed E-state index contributed by atoms with van der Waals surface area (Å²) in [6, 6.07) is 7.63. The Labute approximate surface area is 197 Å². The minimum atomic E-state index is -0.288. The molecule has 31 heavy (non-hydrogen) atoms. The van der Waals surface area contributed by atoms with E-state index in [2.05, 4.69) is 50.2 Å². The van der Waals surface area contributed by atoms with Gasteiger partial charge in [-0.3, -0.25) is 19.5 Å². The van der Waals surface area contributed by atoms with Crippen LogP contribution < -0.4 is 5.32 Å². The third-order valence-corrected chi connectivity index (χ3v) is 6.29. The standard InChI is InChI=1S/C23H28BrClN4O2/c1-3-16-11-19(24)6-5-17(16)15-29-10-9-28(8-7-21(29)22(30)27-4-2)23(31)18-12-20(25)14-26-13-18/h5-6,11-14,21H,3-4,7-10,15H2,1-2H3,(H,27,30)/t21-/m1/s1. The number of rotatable bonds is 6. The number of hydrogen-bond acceptors (Lipinski definition) is 4. The number of aryl methyl sites for hydroxylation is 1. The van der Waals surface area contributed by atoms with Crippen molar-refractivity contribution in [2.24, 2.45) is 0 Å². The van der Waals surface area contributed by atoms with Crippen LogP contribution in [0.25, 0.3) is 0 Å². The topological polar surface area (TPSA) is 65.5 Å². The number of hydrogen-bond donors (Lipinski definition) is 1. The quantitative estimate of drug-likeness (QED) is 0.644. The van der Waals surface area contributed by atoms with E-state index in [4.69, 9.17) is 11.6 Å². The molecule has 1 aromatic carbocycles. The van der Waals surface area contributed by atoms with E-state index in [1.165, 1.54) is 23.5 Å². The lowest BCUT2D eigenvalue weighted by Crippen LogP contribution is -2.47. The monoisotopic (exact) mass is 506 g/mol. The van der Waals surface area contributed by atoms with Gasteiger partial charge in [0, 0.05) is 49.6 Å². The van der Waals surface area contributed by atoms with Crippen LogP contribution in [0.2, 0.25) is 5.02 Å². The summed E-state index contributed by atoms with van der Waals surface area (Å²) in [5, 5.41) is 3.40. The number of nitrogens with zero attached hydrogens (tertiary/aromatic N) is 3. The number of carbonyl (C=O) groups is 2. The first kappa shape index (κ1) is 23.7. The third kappa shape index (κ3) is 6.05. The molecule has 1 aromatic heterocycles. The molecule has 1 fully saturated rings. The maximum Gasteiger partial charge on any atom is 0.255 e. The van der Waals surface area contributed by atoms with E-state index in [9.17, 15) is 9.59 Å². The SMILES string of the molecule is CCNC(=O)[C@H]1CCN(C(=O)c2cncc(Cl)c2)CCN1Cc1ccc(Br)cc1CC. The number of aromatic nitrogens is 1. The molecule has 2 aromatic rings. The van der Waals surface area contributed by atoms with Crippen LogP contribution >= 0.6 is 27.5 Å². The number of nitrogens with one attached hydrogen (secondary N) is 1. The van der Waals surface area contributed by atoms with Gasteiger partial charge in [0.2, 0.25) is 5.91 Å². The minimum absolute atomic E-state index is 0.0105. The van der Waals surface area contributed by atoms with Crippen molar-refractivity contribution in [3.05, 3.63) is 62.8 Å². The van der Waals surface area contributed by atoms with Gasteiger partial charge in [-0.25, -0.2) is 0 Å². The average Bonchev–Trinajstić information content (AvgIpc) is 2.97. The van der Waals surface area contributed by atoms with Crippen LogP contribution in [0.3, 0.4) is 0 Å². The summed E-state index contributed by atoms with van der Waals surface area (Å²) in [5.74, 6) is -0.0965. The maximum absolute atomic E-state index is 13.0. The van der Waals surface area contributed by atoms with Gasteiger partial charge in [-0.1, -0.05) is 40.5 Å². The Morgan fingerprint density at radius 3 is 2.68 bits per heavy atom. The van der Waals surface area contributed by atoms with Crippen LogP contribution in [-0.4, -0.2) is 58.8 Å². The van der Waals surface area contributed by atoms with Gasteiger partial charge in [0.05, 0.1) is 16.6 Å². The van der Waals surface area contributed by atoms with Crippen LogP contribution in [0, 0.1) is 0 Å². The van der Waals surface area contributed by atoms with Crippen molar-refractivity contribution in [3.63, 3.8) is 0 Å². The zero-order valence-electron chi connectivity index (χ0n) is 17.9. The van der Waals surface area contributed by atoms with E-state index >= 15 is 0 Å². The molecule has 0 bridgehead atoms. The van der Waals surface area contributed by atoms with Crippen LogP contribution in [0.4, 0.5) is 0 Å². The molecule has 2 heterocycles. The summed E-state index contributed by atoms with van der Waals surface area (Å²) in [7, 11) is 0. The van der Waals surface area contributed by atoms with Crippen molar-refractivity contribution in [3.8, 4) is 0 Å². The van der Waals surface area contributed by atoms with Gasteiger partial charge < -0.3 is 10.2 Å². The lowest BCUT2D eigenvalue weighted by atomic mass is 10.0. The zero-order chi connectivity index (χ0) is 22.4. The second-order valence-electron chi connectivity index (χ2n) is 7.62. The first-order valence-electron chi connectivity index (χ1n) is 10.6. The highest BCUT2D eigenvalue weighted by molar-refractivity contribution is 9.10. The molecular weight excluding hydrogens is 480 g/mol.